The minimum absolute atomic E-state index is 0.0266. The second-order valence-corrected chi connectivity index (χ2v) is 7.04. The van der Waals surface area contributed by atoms with Gasteiger partial charge in [-0.15, -0.1) is 0 Å². The van der Waals surface area contributed by atoms with E-state index in [4.69, 9.17) is 11.6 Å². The van der Waals surface area contributed by atoms with Crippen LogP contribution in [0.3, 0.4) is 0 Å². The number of hydrogen-bond donors (Lipinski definition) is 0. The molecule has 0 saturated heterocycles. The SMILES string of the molecule is CC(CS(C)(=O)=O)N(C)Cc1ccccc1Cl. The Balaban J connectivity index is 2.67. The zero-order chi connectivity index (χ0) is 13.1. The van der Waals surface area contributed by atoms with Crippen molar-refractivity contribution < 1.29 is 8.42 Å². The third-order valence-electron chi connectivity index (χ3n) is 2.67. The molecular formula is C12H18ClNO2S. The van der Waals surface area contributed by atoms with Gasteiger partial charge in [-0.3, -0.25) is 4.90 Å². The lowest BCUT2D eigenvalue weighted by Crippen LogP contribution is -2.34. The third kappa shape index (κ3) is 5.06. The van der Waals surface area contributed by atoms with Crippen LogP contribution < -0.4 is 0 Å². The van der Waals surface area contributed by atoms with Gasteiger partial charge in [-0.25, -0.2) is 8.42 Å². The first-order valence-electron chi connectivity index (χ1n) is 5.41. The highest BCUT2D eigenvalue weighted by Crippen LogP contribution is 2.17. The van der Waals surface area contributed by atoms with Crippen LogP contribution in [0.4, 0.5) is 0 Å². The summed E-state index contributed by atoms with van der Waals surface area (Å²) in [6.45, 7) is 2.55. The standard InChI is InChI=1S/C12H18ClNO2S/c1-10(9-17(3,15)16)14(2)8-11-6-4-5-7-12(11)13/h4-7,10H,8-9H2,1-3H3. The fourth-order valence-electron chi connectivity index (χ4n) is 1.62. The van der Waals surface area contributed by atoms with Gasteiger partial charge < -0.3 is 0 Å². The predicted molar refractivity (Wildman–Crippen MR) is 72.1 cm³/mol. The quantitative estimate of drug-likeness (QED) is 0.827. The molecule has 0 aliphatic carbocycles. The maximum Gasteiger partial charge on any atom is 0.148 e. The molecule has 1 unspecified atom stereocenters. The minimum atomic E-state index is -2.95. The zero-order valence-corrected chi connectivity index (χ0v) is 11.9. The average Bonchev–Trinajstić information content (AvgIpc) is 2.18. The summed E-state index contributed by atoms with van der Waals surface area (Å²) in [5, 5.41) is 0.714. The minimum Gasteiger partial charge on any atom is -0.298 e. The molecule has 1 aromatic carbocycles. The van der Waals surface area contributed by atoms with Crippen molar-refractivity contribution in [3.63, 3.8) is 0 Å². The van der Waals surface area contributed by atoms with E-state index >= 15 is 0 Å². The molecule has 96 valence electrons. The molecule has 17 heavy (non-hydrogen) atoms. The number of hydrogen-bond acceptors (Lipinski definition) is 3. The van der Waals surface area contributed by atoms with E-state index in [1.807, 2.05) is 43.1 Å². The first-order valence-corrected chi connectivity index (χ1v) is 7.85. The monoisotopic (exact) mass is 275 g/mol. The summed E-state index contributed by atoms with van der Waals surface area (Å²) in [4.78, 5) is 1.99. The molecule has 0 heterocycles. The molecule has 0 spiro atoms. The Kier molecular flexibility index (Phi) is 4.98. The second-order valence-electron chi connectivity index (χ2n) is 4.45. The Morgan fingerprint density at radius 3 is 2.47 bits per heavy atom. The predicted octanol–water partition coefficient (Wildman–Crippen LogP) is 2.20. The van der Waals surface area contributed by atoms with Crippen LogP contribution in [0.25, 0.3) is 0 Å². The van der Waals surface area contributed by atoms with Crippen LogP contribution in [0.15, 0.2) is 24.3 Å². The first kappa shape index (κ1) is 14.5. The van der Waals surface area contributed by atoms with Gasteiger partial charge in [-0.1, -0.05) is 29.8 Å². The molecule has 0 aliphatic heterocycles. The van der Waals surface area contributed by atoms with Gasteiger partial charge in [0.15, 0.2) is 0 Å². The molecule has 0 aliphatic rings. The Morgan fingerprint density at radius 2 is 1.94 bits per heavy atom. The molecule has 0 aromatic heterocycles. The van der Waals surface area contributed by atoms with Gasteiger partial charge >= 0.3 is 0 Å². The Bertz CT molecular complexity index is 473. The van der Waals surface area contributed by atoms with E-state index in [0.29, 0.717) is 11.6 Å². The van der Waals surface area contributed by atoms with Crippen molar-refractivity contribution >= 4 is 21.4 Å². The van der Waals surface area contributed by atoms with Gasteiger partial charge in [0.2, 0.25) is 0 Å². The molecule has 5 heteroatoms. The van der Waals surface area contributed by atoms with Crippen molar-refractivity contribution in [2.24, 2.45) is 0 Å². The van der Waals surface area contributed by atoms with Crippen LogP contribution in [0.5, 0.6) is 0 Å². The summed E-state index contributed by atoms with van der Waals surface area (Å²) in [5.41, 5.74) is 1.01. The van der Waals surface area contributed by atoms with Crippen LogP contribution >= 0.6 is 11.6 Å². The largest absolute Gasteiger partial charge is 0.298 e. The second kappa shape index (κ2) is 5.85. The lowest BCUT2D eigenvalue weighted by Gasteiger charge is -2.24. The Labute approximate surface area is 108 Å². The lowest BCUT2D eigenvalue weighted by molar-refractivity contribution is 0.267. The van der Waals surface area contributed by atoms with E-state index in [0.717, 1.165) is 5.56 Å². The van der Waals surface area contributed by atoms with E-state index < -0.39 is 9.84 Å². The van der Waals surface area contributed by atoms with Crippen LogP contribution in [0.2, 0.25) is 5.02 Å². The van der Waals surface area contributed by atoms with Crippen LogP contribution in [0, 0.1) is 0 Å². The summed E-state index contributed by atoms with van der Waals surface area (Å²) in [5.74, 6) is 0.161. The van der Waals surface area contributed by atoms with Crippen molar-refractivity contribution in [3.8, 4) is 0 Å². The number of halogens is 1. The molecule has 0 fully saturated rings. The zero-order valence-electron chi connectivity index (χ0n) is 10.4. The third-order valence-corrected chi connectivity index (χ3v) is 4.13. The molecule has 0 radical (unpaired) electrons. The first-order chi connectivity index (χ1) is 7.79. The summed E-state index contributed by atoms with van der Waals surface area (Å²) in [6.07, 6.45) is 1.26. The van der Waals surface area contributed by atoms with Crippen molar-refractivity contribution in [1.29, 1.82) is 0 Å². The summed E-state index contributed by atoms with van der Waals surface area (Å²) < 4.78 is 22.4. The normalized spacial score (nSPS) is 13.9. The number of nitrogens with zero attached hydrogens (tertiary/aromatic N) is 1. The summed E-state index contributed by atoms with van der Waals surface area (Å²) in [6, 6.07) is 7.57. The average molecular weight is 276 g/mol. The van der Waals surface area contributed by atoms with E-state index in [1.165, 1.54) is 6.26 Å². The van der Waals surface area contributed by atoms with E-state index in [1.54, 1.807) is 0 Å². The molecule has 1 rings (SSSR count). The highest BCUT2D eigenvalue weighted by molar-refractivity contribution is 7.90. The molecular weight excluding hydrogens is 258 g/mol. The van der Waals surface area contributed by atoms with Crippen molar-refractivity contribution in [2.75, 3.05) is 19.1 Å². The van der Waals surface area contributed by atoms with Gasteiger partial charge in [-0.05, 0) is 25.6 Å². The van der Waals surface area contributed by atoms with Gasteiger partial charge in [0.25, 0.3) is 0 Å². The topological polar surface area (TPSA) is 37.4 Å². The number of rotatable bonds is 5. The van der Waals surface area contributed by atoms with E-state index in [9.17, 15) is 8.42 Å². The molecule has 0 amide bonds. The molecule has 1 aromatic rings. The van der Waals surface area contributed by atoms with Crippen molar-refractivity contribution in [3.05, 3.63) is 34.9 Å². The molecule has 0 bridgehead atoms. The fraction of sp³-hybridized carbons (Fsp3) is 0.500. The highest BCUT2D eigenvalue weighted by atomic mass is 35.5. The Morgan fingerprint density at radius 1 is 1.35 bits per heavy atom. The van der Waals surface area contributed by atoms with Crippen LogP contribution in [-0.4, -0.2) is 38.4 Å². The van der Waals surface area contributed by atoms with Crippen molar-refractivity contribution in [2.45, 2.75) is 19.5 Å². The van der Waals surface area contributed by atoms with E-state index in [2.05, 4.69) is 0 Å². The summed E-state index contributed by atoms with van der Waals surface area (Å²) in [7, 11) is -1.04. The summed E-state index contributed by atoms with van der Waals surface area (Å²) >= 11 is 6.06. The van der Waals surface area contributed by atoms with Gasteiger partial charge in [0, 0.05) is 23.9 Å². The van der Waals surface area contributed by atoms with Gasteiger partial charge in [0.1, 0.15) is 9.84 Å². The van der Waals surface area contributed by atoms with Gasteiger partial charge in [-0.2, -0.15) is 0 Å². The maximum absolute atomic E-state index is 11.2. The Hall–Kier alpha value is -0.580. The lowest BCUT2D eigenvalue weighted by atomic mass is 10.2. The molecule has 1 atom stereocenters. The van der Waals surface area contributed by atoms with Crippen LogP contribution in [0.1, 0.15) is 12.5 Å². The molecule has 0 saturated carbocycles. The van der Waals surface area contributed by atoms with Gasteiger partial charge in [0.05, 0.1) is 5.75 Å². The number of sulfone groups is 1. The number of benzene rings is 1. The molecule has 0 N–H and O–H groups in total. The maximum atomic E-state index is 11.2. The smallest absolute Gasteiger partial charge is 0.148 e. The van der Waals surface area contributed by atoms with Crippen molar-refractivity contribution in [1.82, 2.24) is 4.90 Å². The van der Waals surface area contributed by atoms with Crippen LogP contribution in [-0.2, 0) is 16.4 Å². The fourth-order valence-corrected chi connectivity index (χ4v) is 2.94. The molecule has 3 nitrogen and oxygen atoms in total. The highest BCUT2D eigenvalue weighted by Gasteiger charge is 2.15. The van der Waals surface area contributed by atoms with E-state index in [-0.39, 0.29) is 11.8 Å².